The number of halogens is 1. The first-order chi connectivity index (χ1) is 10.0. The Bertz CT molecular complexity index is 582. The van der Waals surface area contributed by atoms with Crippen LogP contribution in [0, 0.1) is 5.92 Å². The normalized spacial score (nSPS) is 14.4. The second kappa shape index (κ2) is 7.05. The van der Waals surface area contributed by atoms with Crippen molar-refractivity contribution in [3.63, 3.8) is 0 Å². The molecule has 21 heavy (non-hydrogen) atoms. The third-order valence-electron chi connectivity index (χ3n) is 3.79. The molecule has 0 bridgehead atoms. The van der Waals surface area contributed by atoms with Gasteiger partial charge in [-0.05, 0) is 31.5 Å². The highest BCUT2D eigenvalue weighted by atomic mass is 35.5. The summed E-state index contributed by atoms with van der Waals surface area (Å²) in [6.07, 6.45) is 0.585. The average Bonchev–Trinajstić information content (AvgIpc) is 2.89. The monoisotopic (exact) mass is 307 g/mol. The lowest BCUT2D eigenvalue weighted by atomic mass is 9.89. The SMILES string of the molecule is CNC(C)C(c1nc(Cc2ccccc2Cl)no1)C(C)C. The molecular formula is C16H22ClN3O. The molecule has 0 aliphatic rings. The van der Waals surface area contributed by atoms with Crippen molar-refractivity contribution in [2.45, 2.75) is 39.2 Å². The van der Waals surface area contributed by atoms with Gasteiger partial charge in [0.25, 0.3) is 0 Å². The number of likely N-dealkylation sites (N-methyl/N-ethyl adjacent to an activating group) is 1. The predicted octanol–water partition coefficient (Wildman–Crippen LogP) is 3.66. The molecule has 0 saturated heterocycles. The summed E-state index contributed by atoms with van der Waals surface area (Å²) in [7, 11) is 1.95. The van der Waals surface area contributed by atoms with Crippen LogP contribution in [0.4, 0.5) is 0 Å². The Morgan fingerprint density at radius 2 is 1.95 bits per heavy atom. The van der Waals surface area contributed by atoms with E-state index in [1.807, 2.05) is 31.3 Å². The zero-order valence-electron chi connectivity index (χ0n) is 12.9. The lowest BCUT2D eigenvalue weighted by Gasteiger charge is -2.23. The minimum atomic E-state index is 0.197. The summed E-state index contributed by atoms with van der Waals surface area (Å²) in [4.78, 5) is 4.56. The largest absolute Gasteiger partial charge is 0.339 e. The number of rotatable bonds is 6. The Hall–Kier alpha value is -1.39. The summed E-state index contributed by atoms with van der Waals surface area (Å²) in [6.45, 7) is 6.45. The molecule has 0 spiro atoms. The summed E-state index contributed by atoms with van der Waals surface area (Å²) >= 11 is 6.17. The standard InChI is InChI=1S/C16H22ClN3O/c1-10(2)15(11(3)18-4)16-19-14(20-21-16)9-12-7-5-6-8-13(12)17/h5-8,10-11,15,18H,9H2,1-4H3. The van der Waals surface area contributed by atoms with Gasteiger partial charge in [0, 0.05) is 17.5 Å². The van der Waals surface area contributed by atoms with Crippen LogP contribution in [0.2, 0.25) is 5.02 Å². The number of nitrogens with one attached hydrogen (secondary N) is 1. The number of hydrogen-bond donors (Lipinski definition) is 1. The van der Waals surface area contributed by atoms with Gasteiger partial charge < -0.3 is 9.84 Å². The number of benzene rings is 1. The zero-order valence-corrected chi connectivity index (χ0v) is 13.7. The fourth-order valence-corrected chi connectivity index (χ4v) is 2.75. The topological polar surface area (TPSA) is 51.0 Å². The van der Waals surface area contributed by atoms with Gasteiger partial charge in [-0.25, -0.2) is 0 Å². The van der Waals surface area contributed by atoms with Gasteiger partial charge in [-0.1, -0.05) is 48.8 Å². The Labute approximate surface area is 130 Å². The van der Waals surface area contributed by atoms with Crippen LogP contribution in [0.15, 0.2) is 28.8 Å². The first kappa shape index (κ1) is 16.0. The zero-order chi connectivity index (χ0) is 15.4. The summed E-state index contributed by atoms with van der Waals surface area (Å²) < 4.78 is 5.48. The van der Waals surface area contributed by atoms with Gasteiger partial charge in [-0.15, -0.1) is 0 Å². The van der Waals surface area contributed by atoms with Crippen LogP contribution in [0.1, 0.15) is 44.0 Å². The van der Waals surface area contributed by atoms with Gasteiger partial charge in [0.05, 0.1) is 5.92 Å². The number of hydrogen-bond acceptors (Lipinski definition) is 4. The van der Waals surface area contributed by atoms with Gasteiger partial charge in [-0.2, -0.15) is 4.98 Å². The maximum atomic E-state index is 6.17. The molecule has 0 saturated carbocycles. The summed E-state index contributed by atoms with van der Waals surface area (Å²) in [5, 5.41) is 8.09. The van der Waals surface area contributed by atoms with E-state index in [0.717, 1.165) is 10.6 Å². The molecule has 1 aromatic carbocycles. The molecule has 0 aliphatic heterocycles. The second-order valence-corrected chi connectivity index (χ2v) is 6.07. The Balaban J connectivity index is 2.19. The van der Waals surface area contributed by atoms with Crippen LogP contribution >= 0.6 is 11.6 Å². The number of aromatic nitrogens is 2. The third-order valence-corrected chi connectivity index (χ3v) is 4.16. The van der Waals surface area contributed by atoms with E-state index in [2.05, 4.69) is 36.2 Å². The fraction of sp³-hybridized carbons (Fsp3) is 0.500. The van der Waals surface area contributed by atoms with Gasteiger partial charge in [0.2, 0.25) is 5.89 Å². The Kier molecular flexibility index (Phi) is 5.37. The quantitative estimate of drug-likeness (QED) is 0.885. The average molecular weight is 308 g/mol. The molecule has 1 heterocycles. The van der Waals surface area contributed by atoms with E-state index in [-0.39, 0.29) is 12.0 Å². The summed E-state index contributed by atoms with van der Waals surface area (Å²) in [6, 6.07) is 8.00. The molecule has 1 N–H and O–H groups in total. The van der Waals surface area contributed by atoms with Crippen molar-refractivity contribution in [2.24, 2.45) is 5.92 Å². The molecule has 0 radical (unpaired) electrons. The first-order valence-electron chi connectivity index (χ1n) is 7.26. The molecule has 0 amide bonds. The minimum absolute atomic E-state index is 0.197. The Morgan fingerprint density at radius 1 is 1.24 bits per heavy atom. The van der Waals surface area contributed by atoms with E-state index >= 15 is 0 Å². The highest BCUT2D eigenvalue weighted by Gasteiger charge is 2.27. The van der Waals surface area contributed by atoms with Crippen LogP contribution in [0.3, 0.4) is 0 Å². The van der Waals surface area contributed by atoms with Crippen LogP contribution in [0.25, 0.3) is 0 Å². The molecular weight excluding hydrogens is 286 g/mol. The molecule has 5 heteroatoms. The van der Waals surface area contributed by atoms with Crippen molar-refractivity contribution < 1.29 is 4.52 Å². The van der Waals surface area contributed by atoms with Gasteiger partial charge in [0.1, 0.15) is 0 Å². The van der Waals surface area contributed by atoms with Crippen molar-refractivity contribution in [3.05, 3.63) is 46.6 Å². The highest BCUT2D eigenvalue weighted by Crippen LogP contribution is 2.27. The maximum Gasteiger partial charge on any atom is 0.231 e. The second-order valence-electron chi connectivity index (χ2n) is 5.66. The van der Waals surface area contributed by atoms with E-state index in [4.69, 9.17) is 16.1 Å². The van der Waals surface area contributed by atoms with Crippen molar-refractivity contribution in [1.82, 2.24) is 15.5 Å². The van der Waals surface area contributed by atoms with Crippen molar-refractivity contribution in [3.8, 4) is 0 Å². The molecule has 114 valence electrons. The minimum Gasteiger partial charge on any atom is -0.339 e. The molecule has 2 atom stereocenters. The lowest BCUT2D eigenvalue weighted by Crippen LogP contribution is -2.32. The fourth-order valence-electron chi connectivity index (χ4n) is 2.54. The highest BCUT2D eigenvalue weighted by molar-refractivity contribution is 6.31. The van der Waals surface area contributed by atoms with Crippen LogP contribution in [0.5, 0.6) is 0 Å². The van der Waals surface area contributed by atoms with Crippen molar-refractivity contribution in [1.29, 1.82) is 0 Å². The number of nitrogens with zero attached hydrogens (tertiary/aromatic N) is 2. The van der Waals surface area contributed by atoms with Crippen LogP contribution in [-0.2, 0) is 6.42 Å². The molecule has 0 aliphatic carbocycles. The summed E-state index contributed by atoms with van der Waals surface area (Å²) in [5.74, 6) is 1.98. The van der Waals surface area contributed by atoms with E-state index in [1.54, 1.807) is 0 Å². The van der Waals surface area contributed by atoms with E-state index < -0.39 is 0 Å². The molecule has 2 aromatic rings. The Morgan fingerprint density at radius 3 is 2.57 bits per heavy atom. The van der Waals surface area contributed by atoms with Gasteiger partial charge in [0.15, 0.2) is 5.82 Å². The van der Waals surface area contributed by atoms with E-state index in [0.29, 0.717) is 24.1 Å². The smallest absolute Gasteiger partial charge is 0.231 e. The van der Waals surface area contributed by atoms with E-state index in [9.17, 15) is 0 Å². The summed E-state index contributed by atoms with van der Waals surface area (Å²) in [5.41, 5.74) is 1.01. The molecule has 4 nitrogen and oxygen atoms in total. The maximum absolute atomic E-state index is 6.17. The third kappa shape index (κ3) is 3.83. The van der Waals surface area contributed by atoms with Crippen molar-refractivity contribution >= 4 is 11.6 Å². The van der Waals surface area contributed by atoms with E-state index in [1.165, 1.54) is 0 Å². The predicted molar refractivity (Wildman–Crippen MR) is 84.7 cm³/mol. The van der Waals surface area contributed by atoms with Crippen LogP contribution in [-0.4, -0.2) is 23.2 Å². The molecule has 1 aromatic heterocycles. The molecule has 0 fully saturated rings. The van der Waals surface area contributed by atoms with Gasteiger partial charge >= 0.3 is 0 Å². The lowest BCUT2D eigenvalue weighted by molar-refractivity contribution is 0.285. The molecule has 2 rings (SSSR count). The van der Waals surface area contributed by atoms with Gasteiger partial charge in [-0.3, -0.25) is 0 Å². The van der Waals surface area contributed by atoms with Crippen molar-refractivity contribution in [2.75, 3.05) is 7.05 Å². The first-order valence-corrected chi connectivity index (χ1v) is 7.63. The van der Waals surface area contributed by atoms with Crippen LogP contribution < -0.4 is 5.32 Å². The molecule has 2 unspecified atom stereocenters.